The van der Waals surface area contributed by atoms with E-state index >= 15 is 0 Å². The Hall–Kier alpha value is -2.65. The second-order valence-electron chi connectivity index (χ2n) is 10.3. The zero-order valence-electron chi connectivity index (χ0n) is 20.7. The second kappa shape index (κ2) is 9.52. The molecule has 7 rings (SSSR count). The highest BCUT2D eigenvalue weighted by Crippen LogP contribution is 2.48. The lowest BCUT2D eigenvalue weighted by Crippen LogP contribution is -2.42. The number of anilines is 1. The molecule has 2 aromatic heterocycles. The largest absolute Gasteiger partial charge is 0.465 e. The minimum absolute atomic E-state index is 0.0721. The summed E-state index contributed by atoms with van der Waals surface area (Å²) in [6.07, 6.45) is 4.36. The molecular weight excluding hydrogens is 545 g/mol. The Labute approximate surface area is 233 Å². The second-order valence-corrected chi connectivity index (χ2v) is 12.1. The molecule has 3 heterocycles. The number of carbonyl (C=O) groups is 1. The van der Waals surface area contributed by atoms with E-state index in [-0.39, 0.29) is 18.1 Å². The average molecular weight is 570 g/mol. The summed E-state index contributed by atoms with van der Waals surface area (Å²) in [5.41, 5.74) is 3.74. The van der Waals surface area contributed by atoms with Gasteiger partial charge in [-0.2, -0.15) is 0 Å². The van der Waals surface area contributed by atoms with Crippen molar-refractivity contribution >= 4 is 55.9 Å². The van der Waals surface area contributed by atoms with Crippen LogP contribution in [0.15, 0.2) is 40.9 Å². The summed E-state index contributed by atoms with van der Waals surface area (Å²) < 4.78 is 18.3. The van der Waals surface area contributed by atoms with Crippen LogP contribution < -0.4 is 4.90 Å². The normalized spacial score (nSPS) is 22.5. The van der Waals surface area contributed by atoms with Crippen LogP contribution in [0.25, 0.3) is 21.5 Å². The number of benzene rings is 2. The van der Waals surface area contributed by atoms with Crippen LogP contribution in [0, 0.1) is 5.92 Å². The Kier molecular flexibility index (Phi) is 6.11. The van der Waals surface area contributed by atoms with E-state index in [0.29, 0.717) is 45.3 Å². The van der Waals surface area contributed by atoms with Crippen LogP contribution in [-0.4, -0.2) is 41.9 Å². The number of methoxy groups -OCH3 is 1. The van der Waals surface area contributed by atoms with E-state index in [1.807, 2.05) is 30.3 Å². The summed E-state index contributed by atoms with van der Waals surface area (Å²) in [5.74, 6) is 1.49. The fraction of sp³-hybridized carbons (Fsp3) is 0.393. The number of piperidine rings is 1. The van der Waals surface area contributed by atoms with Crippen LogP contribution in [0.1, 0.15) is 53.3 Å². The fourth-order valence-electron chi connectivity index (χ4n) is 5.88. The number of ether oxygens (including phenoxy) is 2. The molecule has 2 bridgehead atoms. The molecule has 38 heavy (non-hydrogen) atoms. The van der Waals surface area contributed by atoms with Gasteiger partial charge in [-0.05, 0) is 61.9 Å². The minimum Gasteiger partial charge on any atom is -0.465 e. The van der Waals surface area contributed by atoms with Crippen molar-refractivity contribution in [2.75, 3.05) is 18.6 Å². The number of halogens is 2. The summed E-state index contributed by atoms with van der Waals surface area (Å²) in [6.45, 7) is 1.37. The summed E-state index contributed by atoms with van der Waals surface area (Å²) in [7, 11) is 1.39. The fourth-order valence-corrected chi connectivity index (χ4v) is 7.53. The number of fused-ring (bicyclic) bond motifs is 3. The molecule has 0 amide bonds. The number of hydrogen-bond acceptors (Lipinski definition) is 8. The number of rotatable bonds is 7. The highest BCUT2D eigenvalue weighted by molar-refractivity contribution is 7.22. The van der Waals surface area contributed by atoms with Crippen molar-refractivity contribution in [3.63, 3.8) is 0 Å². The summed E-state index contributed by atoms with van der Waals surface area (Å²) in [4.78, 5) is 19.2. The Bertz CT molecular complexity index is 1530. The molecule has 7 nitrogen and oxygen atoms in total. The van der Waals surface area contributed by atoms with Gasteiger partial charge < -0.3 is 18.9 Å². The van der Waals surface area contributed by atoms with E-state index in [1.54, 1.807) is 17.4 Å². The number of esters is 1. The SMILES string of the molecule is COC(=O)c1ccc2nc(N3CC4CC(OCc5c(-c6c(Cl)cccc6Cl)noc5C5CC5)C3C4)sc2c1. The highest BCUT2D eigenvalue weighted by Gasteiger charge is 2.47. The van der Waals surface area contributed by atoms with Crippen LogP contribution in [0.4, 0.5) is 5.13 Å². The lowest BCUT2D eigenvalue weighted by molar-refractivity contribution is 0.0256. The van der Waals surface area contributed by atoms with Crippen molar-refractivity contribution in [3.05, 3.63) is 63.3 Å². The average Bonchev–Trinajstić information content (AvgIpc) is 3.24. The predicted octanol–water partition coefficient (Wildman–Crippen LogP) is 7.11. The van der Waals surface area contributed by atoms with Crippen LogP contribution in [0.5, 0.6) is 0 Å². The third-order valence-electron chi connectivity index (χ3n) is 7.88. The molecule has 1 saturated heterocycles. The number of hydrogen-bond donors (Lipinski definition) is 0. The molecule has 3 fully saturated rings. The molecular formula is C28H25Cl2N3O4S. The van der Waals surface area contributed by atoms with Gasteiger partial charge in [0, 0.05) is 23.6 Å². The molecule has 4 aromatic rings. The summed E-state index contributed by atoms with van der Waals surface area (Å²) >= 11 is 14.7. The standard InChI is InChI=1S/C28H25Cl2N3O4S/c1-35-27(34)16-7-8-20-23(11-16)38-28(31-20)33-12-14-9-21(33)22(10-14)36-13-17-25(32-37-26(17)15-5-6-15)24-18(29)3-2-4-19(24)30/h2-4,7-8,11,14-15,21-22H,5-6,9-10,12-13H2,1H3. The number of carbonyl (C=O) groups excluding carboxylic acids is 1. The lowest BCUT2D eigenvalue weighted by Gasteiger charge is -2.33. The third-order valence-corrected chi connectivity index (χ3v) is 9.56. The van der Waals surface area contributed by atoms with Crippen molar-refractivity contribution in [1.82, 2.24) is 10.1 Å². The van der Waals surface area contributed by atoms with E-state index in [1.165, 1.54) is 7.11 Å². The molecule has 2 saturated carbocycles. The predicted molar refractivity (Wildman–Crippen MR) is 147 cm³/mol. The molecule has 0 spiro atoms. The molecule has 3 atom stereocenters. The maximum atomic E-state index is 12.0. The van der Waals surface area contributed by atoms with E-state index in [2.05, 4.69) is 10.1 Å². The van der Waals surface area contributed by atoms with Gasteiger partial charge in [0.25, 0.3) is 0 Å². The lowest BCUT2D eigenvalue weighted by atomic mass is 10.0. The molecule has 1 aliphatic heterocycles. The quantitative estimate of drug-likeness (QED) is 0.219. The van der Waals surface area contributed by atoms with Crippen LogP contribution in [0.2, 0.25) is 10.0 Å². The molecule has 0 N–H and O–H groups in total. The first-order valence-corrected chi connectivity index (χ1v) is 14.4. The topological polar surface area (TPSA) is 77.7 Å². The van der Waals surface area contributed by atoms with Gasteiger partial charge in [0.15, 0.2) is 5.13 Å². The van der Waals surface area contributed by atoms with E-state index in [9.17, 15) is 4.79 Å². The summed E-state index contributed by atoms with van der Waals surface area (Å²) in [6, 6.07) is 11.2. The van der Waals surface area contributed by atoms with Crippen molar-refractivity contribution in [1.29, 1.82) is 0 Å². The summed E-state index contributed by atoms with van der Waals surface area (Å²) in [5, 5.41) is 6.46. The van der Waals surface area contributed by atoms with E-state index in [4.69, 9.17) is 42.2 Å². The molecule has 3 unspecified atom stereocenters. The van der Waals surface area contributed by atoms with Crippen LogP contribution >= 0.6 is 34.5 Å². The Morgan fingerprint density at radius 3 is 2.74 bits per heavy atom. The number of thiazole rings is 1. The van der Waals surface area contributed by atoms with Gasteiger partial charge in [0.1, 0.15) is 11.5 Å². The molecule has 196 valence electrons. The van der Waals surface area contributed by atoms with Gasteiger partial charge in [-0.3, -0.25) is 0 Å². The van der Waals surface area contributed by atoms with Gasteiger partial charge in [0.05, 0.1) is 51.7 Å². The Morgan fingerprint density at radius 1 is 1.18 bits per heavy atom. The Balaban J connectivity index is 1.13. The zero-order chi connectivity index (χ0) is 26.0. The van der Waals surface area contributed by atoms with Crippen LogP contribution in [0.3, 0.4) is 0 Å². The van der Waals surface area contributed by atoms with Crippen molar-refractivity contribution in [3.8, 4) is 11.3 Å². The van der Waals surface area contributed by atoms with E-state index in [0.717, 1.165) is 58.9 Å². The monoisotopic (exact) mass is 569 g/mol. The maximum absolute atomic E-state index is 12.0. The van der Waals surface area contributed by atoms with Gasteiger partial charge >= 0.3 is 5.97 Å². The van der Waals surface area contributed by atoms with Gasteiger partial charge in [-0.15, -0.1) is 0 Å². The number of nitrogens with zero attached hydrogens (tertiary/aromatic N) is 3. The van der Waals surface area contributed by atoms with Crippen LogP contribution in [-0.2, 0) is 16.1 Å². The Morgan fingerprint density at radius 2 is 2.00 bits per heavy atom. The highest BCUT2D eigenvalue weighted by atomic mass is 35.5. The maximum Gasteiger partial charge on any atom is 0.337 e. The molecule has 2 aromatic carbocycles. The first-order chi connectivity index (χ1) is 18.5. The number of aromatic nitrogens is 2. The van der Waals surface area contributed by atoms with E-state index < -0.39 is 0 Å². The molecule has 0 radical (unpaired) electrons. The van der Waals surface area contributed by atoms with Gasteiger partial charge in [0.2, 0.25) is 0 Å². The zero-order valence-corrected chi connectivity index (χ0v) is 23.0. The van der Waals surface area contributed by atoms with Crippen molar-refractivity contribution in [2.24, 2.45) is 5.92 Å². The van der Waals surface area contributed by atoms with Gasteiger partial charge in [-0.1, -0.05) is 45.8 Å². The first kappa shape index (κ1) is 24.4. The third kappa shape index (κ3) is 4.18. The molecule has 2 aliphatic carbocycles. The molecule has 3 aliphatic rings. The minimum atomic E-state index is -0.340. The smallest absolute Gasteiger partial charge is 0.337 e. The van der Waals surface area contributed by atoms with Crippen molar-refractivity contribution in [2.45, 2.75) is 50.4 Å². The first-order valence-electron chi connectivity index (χ1n) is 12.8. The van der Waals surface area contributed by atoms with Gasteiger partial charge in [-0.25, -0.2) is 9.78 Å². The van der Waals surface area contributed by atoms with Crippen molar-refractivity contribution < 1.29 is 18.8 Å². The molecule has 10 heteroatoms.